The maximum atomic E-state index is 13.3. The van der Waals surface area contributed by atoms with E-state index in [1.807, 2.05) is 84.9 Å². The number of para-hydroxylation sites is 1. The van der Waals surface area contributed by atoms with E-state index in [0.717, 1.165) is 43.7 Å². The smallest absolute Gasteiger partial charge is 0.269 e. The molecule has 0 saturated heterocycles. The van der Waals surface area contributed by atoms with E-state index in [1.54, 1.807) is 7.11 Å². The molecule has 0 aliphatic rings. The Morgan fingerprint density at radius 2 is 1.64 bits per heavy atom. The number of nitrogens with one attached hydrogen (secondary N) is 1. The van der Waals surface area contributed by atoms with Crippen molar-refractivity contribution in [3.8, 4) is 28.1 Å². The predicted molar refractivity (Wildman–Crippen MR) is 149 cm³/mol. The molecule has 3 N–H and O–H groups in total. The molecule has 6 rings (SSSR count). The molecule has 0 unspecified atom stereocenters. The molecule has 0 bridgehead atoms. The lowest BCUT2D eigenvalue weighted by atomic mass is 9.99. The maximum Gasteiger partial charge on any atom is 0.269 e. The van der Waals surface area contributed by atoms with Crippen LogP contribution < -0.4 is 15.8 Å². The van der Waals surface area contributed by atoms with E-state index < -0.39 is 0 Å². The number of thiophene rings is 1. The number of carbonyl (C=O) groups excluding carboxylic acids is 1. The molecule has 6 nitrogen and oxygen atoms in total. The molecule has 3 aromatic heterocycles. The second-order valence-corrected chi connectivity index (χ2v) is 10.1. The van der Waals surface area contributed by atoms with Gasteiger partial charge in [0.25, 0.3) is 5.91 Å². The van der Waals surface area contributed by atoms with Crippen LogP contribution in [0.15, 0.2) is 84.9 Å². The van der Waals surface area contributed by atoms with Gasteiger partial charge >= 0.3 is 0 Å². The van der Waals surface area contributed by atoms with Crippen molar-refractivity contribution in [1.82, 2.24) is 9.97 Å². The van der Waals surface area contributed by atoms with Gasteiger partial charge in [-0.25, -0.2) is 9.97 Å². The molecule has 0 radical (unpaired) electrons. The molecule has 3 aromatic carbocycles. The summed E-state index contributed by atoms with van der Waals surface area (Å²) in [5.74, 6) is 0.470. The summed E-state index contributed by atoms with van der Waals surface area (Å²) < 4.78 is 6.34. The number of nitrogen functional groups attached to an aromatic ring is 1. The highest BCUT2D eigenvalue weighted by atomic mass is 32.1. The summed E-state index contributed by atoms with van der Waals surface area (Å²) in [6.45, 7) is 0. The van der Waals surface area contributed by atoms with Crippen LogP contribution in [0.1, 0.15) is 9.67 Å². The Kier molecular flexibility index (Phi) is 5.59. The number of nitrogens with zero attached hydrogens (tertiary/aromatic N) is 2. The number of anilines is 2. The predicted octanol–water partition coefficient (Wildman–Crippen LogP) is 7.08. The molecule has 0 fully saturated rings. The van der Waals surface area contributed by atoms with Crippen LogP contribution in [-0.4, -0.2) is 23.0 Å². The van der Waals surface area contributed by atoms with Crippen molar-refractivity contribution < 1.29 is 9.53 Å². The Balaban J connectivity index is 1.47. The van der Waals surface area contributed by atoms with E-state index in [4.69, 9.17) is 15.5 Å². The SMILES string of the molecule is COc1ccc(-c2cc(-c3ccccc3)nc3sc(C(=O)Nc4nc5ccccc5s4)c(N)c23)cc1. The Morgan fingerprint density at radius 3 is 2.39 bits per heavy atom. The first-order chi connectivity index (χ1) is 17.6. The molecule has 0 spiro atoms. The normalized spacial score (nSPS) is 11.1. The molecule has 0 aliphatic heterocycles. The second kappa shape index (κ2) is 9.07. The van der Waals surface area contributed by atoms with Crippen molar-refractivity contribution in [3.63, 3.8) is 0 Å². The summed E-state index contributed by atoms with van der Waals surface area (Å²) >= 11 is 2.72. The lowest BCUT2D eigenvalue weighted by Crippen LogP contribution is -2.11. The van der Waals surface area contributed by atoms with Gasteiger partial charge in [0.2, 0.25) is 0 Å². The third-order valence-electron chi connectivity index (χ3n) is 5.89. The topological polar surface area (TPSA) is 90.1 Å². The van der Waals surface area contributed by atoms with Gasteiger partial charge in [-0.05, 0) is 41.5 Å². The number of carbonyl (C=O) groups is 1. The van der Waals surface area contributed by atoms with Gasteiger partial charge < -0.3 is 10.5 Å². The molecule has 1 amide bonds. The van der Waals surface area contributed by atoms with Gasteiger partial charge in [-0.1, -0.05) is 65.9 Å². The number of hydrogen-bond acceptors (Lipinski definition) is 7. The molecule has 3 heterocycles. The van der Waals surface area contributed by atoms with Crippen molar-refractivity contribution in [2.45, 2.75) is 0 Å². The summed E-state index contributed by atoms with van der Waals surface area (Å²) in [6, 6.07) is 27.6. The number of nitrogens with two attached hydrogens (primary N) is 1. The fourth-order valence-corrected chi connectivity index (χ4v) is 6.00. The first kappa shape index (κ1) is 22.2. The maximum absolute atomic E-state index is 13.3. The Bertz CT molecular complexity index is 1690. The fraction of sp³-hybridized carbons (Fsp3) is 0.0357. The average molecular weight is 509 g/mol. The Hall–Kier alpha value is -4.27. The number of methoxy groups -OCH3 is 1. The van der Waals surface area contributed by atoms with Crippen LogP contribution >= 0.6 is 22.7 Å². The monoisotopic (exact) mass is 508 g/mol. The molecule has 176 valence electrons. The summed E-state index contributed by atoms with van der Waals surface area (Å²) in [6.07, 6.45) is 0. The van der Waals surface area contributed by atoms with Crippen molar-refractivity contribution >= 4 is 59.8 Å². The highest BCUT2D eigenvalue weighted by molar-refractivity contribution is 7.23. The van der Waals surface area contributed by atoms with E-state index in [1.165, 1.54) is 22.7 Å². The van der Waals surface area contributed by atoms with Crippen molar-refractivity contribution in [3.05, 3.63) is 89.8 Å². The highest BCUT2D eigenvalue weighted by Gasteiger charge is 2.22. The highest BCUT2D eigenvalue weighted by Crippen LogP contribution is 2.42. The van der Waals surface area contributed by atoms with E-state index >= 15 is 0 Å². The summed E-state index contributed by atoms with van der Waals surface area (Å²) in [5.41, 5.74) is 11.5. The minimum absolute atomic E-state index is 0.295. The first-order valence-electron chi connectivity index (χ1n) is 11.2. The average Bonchev–Trinajstić information content (AvgIpc) is 3.49. The molecule has 8 heteroatoms. The quantitative estimate of drug-likeness (QED) is 0.260. The van der Waals surface area contributed by atoms with Crippen LogP contribution in [0, 0.1) is 0 Å². The van der Waals surface area contributed by atoms with Crippen molar-refractivity contribution in [2.75, 3.05) is 18.2 Å². The number of aromatic nitrogens is 2. The largest absolute Gasteiger partial charge is 0.497 e. The number of pyridine rings is 1. The van der Waals surface area contributed by atoms with Crippen molar-refractivity contribution in [2.24, 2.45) is 0 Å². The lowest BCUT2D eigenvalue weighted by molar-refractivity contribution is 0.103. The zero-order valence-electron chi connectivity index (χ0n) is 19.2. The minimum atomic E-state index is -0.295. The van der Waals surface area contributed by atoms with E-state index in [2.05, 4.69) is 10.3 Å². The number of rotatable bonds is 5. The molecule has 0 saturated carbocycles. The molecular weight excluding hydrogens is 488 g/mol. The number of hydrogen-bond donors (Lipinski definition) is 2. The van der Waals surface area contributed by atoms with E-state index in [0.29, 0.717) is 20.5 Å². The molecule has 36 heavy (non-hydrogen) atoms. The number of ether oxygens (including phenoxy) is 1. The van der Waals surface area contributed by atoms with Gasteiger partial charge in [0.15, 0.2) is 5.13 Å². The van der Waals surface area contributed by atoms with Gasteiger partial charge in [-0.3, -0.25) is 10.1 Å². The van der Waals surface area contributed by atoms with Crippen LogP contribution in [0.3, 0.4) is 0 Å². The third kappa shape index (κ3) is 3.96. The Labute approximate surface area is 215 Å². The van der Waals surface area contributed by atoms with Gasteiger partial charge in [-0.2, -0.15) is 0 Å². The molecule has 0 atom stereocenters. The van der Waals surface area contributed by atoms with Crippen LogP contribution in [0.25, 0.3) is 42.8 Å². The summed E-state index contributed by atoms with van der Waals surface area (Å²) in [5, 5.41) is 4.22. The third-order valence-corrected chi connectivity index (χ3v) is 7.94. The standard InChI is InChI=1S/C28H20N4O2S2/c1-34-18-13-11-16(12-14-18)19-15-21(17-7-3-2-4-8-17)30-27-23(19)24(29)25(36-27)26(33)32-28-31-20-9-5-6-10-22(20)35-28/h2-15H,29H2,1H3,(H,31,32,33). The lowest BCUT2D eigenvalue weighted by Gasteiger charge is -2.09. The second-order valence-electron chi connectivity index (χ2n) is 8.12. The number of thiazole rings is 1. The van der Waals surface area contributed by atoms with Crippen LogP contribution in [0.5, 0.6) is 5.75 Å². The van der Waals surface area contributed by atoms with E-state index in [-0.39, 0.29) is 5.91 Å². The zero-order valence-corrected chi connectivity index (χ0v) is 20.8. The van der Waals surface area contributed by atoms with Gasteiger partial charge in [0.1, 0.15) is 15.5 Å². The molecule has 6 aromatic rings. The molecule has 0 aliphatic carbocycles. The number of amides is 1. The zero-order chi connectivity index (χ0) is 24.6. The van der Waals surface area contributed by atoms with Crippen molar-refractivity contribution in [1.29, 1.82) is 0 Å². The number of fused-ring (bicyclic) bond motifs is 2. The summed E-state index contributed by atoms with van der Waals surface area (Å²) in [7, 11) is 1.64. The van der Waals surface area contributed by atoms with Gasteiger partial charge in [0.05, 0.1) is 28.7 Å². The van der Waals surface area contributed by atoms with Crippen LogP contribution in [0.2, 0.25) is 0 Å². The molecular formula is C28H20N4O2S2. The first-order valence-corrected chi connectivity index (χ1v) is 12.8. The van der Waals surface area contributed by atoms with Crippen LogP contribution in [-0.2, 0) is 0 Å². The number of benzene rings is 3. The fourth-order valence-electron chi connectivity index (χ4n) is 4.12. The van der Waals surface area contributed by atoms with Crippen LogP contribution in [0.4, 0.5) is 10.8 Å². The van der Waals surface area contributed by atoms with Gasteiger partial charge in [-0.15, -0.1) is 11.3 Å². The van der Waals surface area contributed by atoms with Gasteiger partial charge in [0, 0.05) is 10.9 Å². The summed E-state index contributed by atoms with van der Waals surface area (Å²) in [4.78, 5) is 23.8. The van der Waals surface area contributed by atoms with E-state index in [9.17, 15) is 4.79 Å². The minimum Gasteiger partial charge on any atom is -0.497 e. The Morgan fingerprint density at radius 1 is 0.889 bits per heavy atom.